The van der Waals surface area contributed by atoms with E-state index in [1.165, 1.54) is 12.4 Å². The van der Waals surface area contributed by atoms with Gasteiger partial charge in [-0.1, -0.05) is 18.2 Å². The van der Waals surface area contributed by atoms with Crippen LogP contribution in [0.2, 0.25) is 0 Å². The van der Waals surface area contributed by atoms with Crippen molar-refractivity contribution >= 4 is 11.0 Å². The van der Waals surface area contributed by atoms with Crippen molar-refractivity contribution < 1.29 is 13.9 Å². The fourth-order valence-electron chi connectivity index (χ4n) is 3.11. The van der Waals surface area contributed by atoms with Crippen molar-refractivity contribution in [3.8, 4) is 22.6 Å². The Morgan fingerprint density at radius 1 is 1.11 bits per heavy atom. The van der Waals surface area contributed by atoms with E-state index in [2.05, 4.69) is 9.97 Å². The molecule has 0 fully saturated rings. The summed E-state index contributed by atoms with van der Waals surface area (Å²) in [7, 11) is 1.57. The van der Waals surface area contributed by atoms with Crippen LogP contribution in [-0.2, 0) is 4.74 Å². The van der Waals surface area contributed by atoms with Crippen LogP contribution < -0.4 is 10.3 Å². The molecule has 6 nitrogen and oxygen atoms in total. The van der Waals surface area contributed by atoms with Crippen LogP contribution in [-0.4, -0.2) is 34.9 Å². The summed E-state index contributed by atoms with van der Waals surface area (Å²) in [6.07, 6.45) is 3.07. The maximum absolute atomic E-state index is 14.9. The summed E-state index contributed by atoms with van der Waals surface area (Å²) < 4.78 is 27.0. The van der Waals surface area contributed by atoms with Gasteiger partial charge in [0.15, 0.2) is 5.65 Å². The van der Waals surface area contributed by atoms with Gasteiger partial charge in [-0.05, 0) is 24.3 Å². The van der Waals surface area contributed by atoms with E-state index in [-0.39, 0.29) is 5.56 Å². The number of hydrogen-bond donors (Lipinski definition) is 1. The van der Waals surface area contributed by atoms with Crippen LogP contribution in [0.25, 0.3) is 27.8 Å². The second kappa shape index (κ2) is 7.66. The lowest BCUT2D eigenvalue weighted by Crippen LogP contribution is -2.07. The van der Waals surface area contributed by atoms with Gasteiger partial charge in [0.25, 0.3) is 5.56 Å². The Morgan fingerprint density at radius 2 is 1.93 bits per heavy atom. The van der Waals surface area contributed by atoms with Crippen molar-refractivity contribution in [3.05, 3.63) is 77.2 Å². The Balaban J connectivity index is 1.84. The van der Waals surface area contributed by atoms with Gasteiger partial charge in [-0.2, -0.15) is 0 Å². The van der Waals surface area contributed by atoms with Crippen molar-refractivity contribution in [2.45, 2.75) is 0 Å². The minimum Gasteiger partial charge on any atom is -0.491 e. The Labute approximate surface area is 160 Å². The highest BCUT2D eigenvalue weighted by molar-refractivity contribution is 5.94. The van der Waals surface area contributed by atoms with E-state index < -0.39 is 5.82 Å². The lowest BCUT2D eigenvalue weighted by atomic mass is 10.1. The molecule has 1 N–H and O–H groups in total. The molecule has 2 aromatic carbocycles. The highest BCUT2D eigenvalue weighted by Gasteiger charge is 2.18. The molecule has 0 aliphatic rings. The first kappa shape index (κ1) is 17.9. The van der Waals surface area contributed by atoms with Crippen LogP contribution in [0.15, 0.2) is 65.8 Å². The van der Waals surface area contributed by atoms with E-state index in [0.29, 0.717) is 41.1 Å². The molecule has 0 saturated carbocycles. The van der Waals surface area contributed by atoms with E-state index >= 15 is 0 Å². The van der Waals surface area contributed by atoms with Gasteiger partial charge >= 0.3 is 0 Å². The molecule has 0 saturated heterocycles. The molecule has 0 radical (unpaired) electrons. The molecule has 0 bridgehead atoms. The Morgan fingerprint density at radius 3 is 2.68 bits per heavy atom. The number of nitrogens with zero attached hydrogens (tertiary/aromatic N) is 2. The van der Waals surface area contributed by atoms with Gasteiger partial charge in [0, 0.05) is 36.2 Å². The number of H-pyrrole nitrogens is 1. The van der Waals surface area contributed by atoms with Gasteiger partial charge in [-0.3, -0.25) is 4.79 Å². The number of aromatic amines is 1. The molecule has 2 aromatic heterocycles. The average molecular weight is 379 g/mol. The van der Waals surface area contributed by atoms with Gasteiger partial charge in [0.1, 0.15) is 18.2 Å². The van der Waals surface area contributed by atoms with E-state index in [4.69, 9.17) is 9.47 Å². The number of methoxy groups -OCH3 is 1. The third-order valence-electron chi connectivity index (χ3n) is 4.41. The number of para-hydroxylation sites is 1. The van der Waals surface area contributed by atoms with Crippen molar-refractivity contribution in [2.75, 3.05) is 20.3 Å². The highest BCUT2D eigenvalue weighted by Crippen LogP contribution is 2.32. The Bertz CT molecular complexity index is 1170. The second-order valence-electron chi connectivity index (χ2n) is 6.16. The zero-order valence-electron chi connectivity index (χ0n) is 15.2. The SMILES string of the molecule is COCCOc1ccc(-c2cn(-c3ccccc3)c3nc[nH]c(=O)c23)c(F)c1. The molecule has 142 valence electrons. The number of nitrogens with one attached hydrogen (secondary N) is 1. The number of rotatable bonds is 6. The third kappa shape index (κ3) is 3.27. The minimum atomic E-state index is -0.481. The molecule has 7 heteroatoms. The normalized spacial score (nSPS) is 11.1. The fraction of sp³-hybridized carbons (Fsp3) is 0.143. The van der Waals surface area contributed by atoms with Crippen LogP contribution in [0, 0.1) is 5.82 Å². The molecule has 2 heterocycles. The summed E-state index contributed by atoms with van der Waals surface area (Å²) >= 11 is 0. The maximum atomic E-state index is 14.9. The standard InChI is InChI=1S/C21H18FN3O3/c1-27-9-10-28-15-7-8-16(18(22)11-15)17-12-25(14-5-3-2-4-6-14)20-19(17)21(26)24-13-23-20/h2-8,11-13H,9-10H2,1H3,(H,23,24,26). The molecule has 0 aliphatic heterocycles. The molecular formula is C21H18FN3O3. The molecular weight excluding hydrogens is 361 g/mol. The Kier molecular flexibility index (Phi) is 4.90. The van der Waals surface area contributed by atoms with Gasteiger partial charge < -0.3 is 19.0 Å². The summed E-state index contributed by atoms with van der Waals surface area (Å²) in [6.45, 7) is 0.737. The van der Waals surface area contributed by atoms with Crippen molar-refractivity contribution in [2.24, 2.45) is 0 Å². The molecule has 0 aliphatic carbocycles. The first-order valence-electron chi connectivity index (χ1n) is 8.75. The molecule has 0 unspecified atom stereocenters. The lowest BCUT2D eigenvalue weighted by molar-refractivity contribution is 0.146. The molecule has 4 rings (SSSR count). The van der Waals surface area contributed by atoms with Crippen LogP contribution in [0.5, 0.6) is 5.75 Å². The number of halogens is 1. The van der Waals surface area contributed by atoms with Crippen molar-refractivity contribution in [1.82, 2.24) is 14.5 Å². The lowest BCUT2D eigenvalue weighted by Gasteiger charge is -2.07. The number of hydrogen-bond acceptors (Lipinski definition) is 4. The Hall–Kier alpha value is -3.45. The quantitative estimate of drug-likeness (QED) is 0.520. The predicted molar refractivity (Wildman–Crippen MR) is 104 cm³/mol. The smallest absolute Gasteiger partial charge is 0.260 e. The van der Waals surface area contributed by atoms with E-state index in [1.807, 2.05) is 30.3 Å². The van der Waals surface area contributed by atoms with E-state index in [1.54, 1.807) is 30.0 Å². The predicted octanol–water partition coefficient (Wildman–Crippen LogP) is 3.55. The third-order valence-corrected chi connectivity index (χ3v) is 4.41. The molecule has 28 heavy (non-hydrogen) atoms. The van der Waals surface area contributed by atoms with Crippen LogP contribution >= 0.6 is 0 Å². The molecule has 0 amide bonds. The first-order valence-corrected chi connectivity index (χ1v) is 8.75. The zero-order valence-corrected chi connectivity index (χ0v) is 15.2. The maximum Gasteiger partial charge on any atom is 0.260 e. The largest absolute Gasteiger partial charge is 0.491 e. The topological polar surface area (TPSA) is 69.1 Å². The average Bonchev–Trinajstić information content (AvgIpc) is 3.10. The highest BCUT2D eigenvalue weighted by atomic mass is 19.1. The summed E-state index contributed by atoms with van der Waals surface area (Å²) in [4.78, 5) is 19.4. The fourth-order valence-corrected chi connectivity index (χ4v) is 3.11. The van der Waals surface area contributed by atoms with Crippen LogP contribution in [0.1, 0.15) is 0 Å². The van der Waals surface area contributed by atoms with E-state index in [0.717, 1.165) is 5.69 Å². The summed E-state index contributed by atoms with van der Waals surface area (Å²) in [5, 5.41) is 0.332. The second-order valence-corrected chi connectivity index (χ2v) is 6.16. The number of benzene rings is 2. The van der Waals surface area contributed by atoms with Crippen molar-refractivity contribution in [1.29, 1.82) is 0 Å². The zero-order chi connectivity index (χ0) is 19.5. The number of aromatic nitrogens is 3. The van der Waals surface area contributed by atoms with Gasteiger partial charge in [-0.25, -0.2) is 9.37 Å². The minimum absolute atomic E-state index is 0.303. The molecule has 0 spiro atoms. The summed E-state index contributed by atoms with van der Waals surface area (Å²) in [5.41, 5.74) is 1.74. The van der Waals surface area contributed by atoms with Gasteiger partial charge in [0.05, 0.1) is 18.3 Å². The van der Waals surface area contributed by atoms with Gasteiger partial charge in [0.2, 0.25) is 0 Å². The number of fused-ring (bicyclic) bond motifs is 1. The van der Waals surface area contributed by atoms with Crippen LogP contribution in [0.3, 0.4) is 0 Å². The van der Waals surface area contributed by atoms with Gasteiger partial charge in [-0.15, -0.1) is 0 Å². The van der Waals surface area contributed by atoms with Crippen molar-refractivity contribution in [3.63, 3.8) is 0 Å². The summed E-state index contributed by atoms with van der Waals surface area (Å²) in [6, 6.07) is 14.1. The summed E-state index contributed by atoms with van der Waals surface area (Å²) in [5.74, 6) is -0.0811. The first-order chi connectivity index (χ1) is 13.7. The molecule has 4 aromatic rings. The van der Waals surface area contributed by atoms with Crippen LogP contribution in [0.4, 0.5) is 4.39 Å². The molecule has 0 atom stereocenters. The number of ether oxygens (including phenoxy) is 2. The van der Waals surface area contributed by atoms with E-state index in [9.17, 15) is 9.18 Å². The monoisotopic (exact) mass is 379 g/mol.